The van der Waals surface area contributed by atoms with E-state index in [4.69, 9.17) is 34.8 Å². The molecule has 0 amide bonds. The van der Waals surface area contributed by atoms with Gasteiger partial charge in [-0.25, -0.2) is 15.0 Å². The number of rotatable bonds is 5. The van der Waals surface area contributed by atoms with E-state index in [1.807, 2.05) is 84.9 Å². The lowest BCUT2D eigenvalue weighted by atomic mass is 9.95. The van der Waals surface area contributed by atoms with Gasteiger partial charge in [-0.1, -0.05) is 151 Å². The van der Waals surface area contributed by atoms with Crippen molar-refractivity contribution < 1.29 is 21.2 Å². The maximum atomic E-state index is 9.55. The maximum Gasteiger partial charge on any atom is 0.164 e. The first-order valence-corrected chi connectivity index (χ1v) is 17.3. The summed E-state index contributed by atoms with van der Waals surface area (Å²) in [5, 5.41) is 1.89. The second-order valence-electron chi connectivity index (χ2n) is 12.9. The van der Waals surface area contributed by atoms with Gasteiger partial charge in [0.1, 0.15) is 22.3 Å². The number of para-hydroxylation sites is 2. The van der Waals surface area contributed by atoms with Gasteiger partial charge in [0.25, 0.3) is 0 Å². The minimum atomic E-state index is -0.524. The molecule has 252 valence electrons. The molecule has 11 aromatic rings. The topological polar surface area (TPSA) is 65.0 Å². The molecule has 0 bridgehead atoms. The molecule has 5 heteroatoms. The second kappa shape index (κ2) is 12.1. The number of fused-ring (bicyclic) bond motifs is 8. The monoisotopic (exact) mass is 700 g/mol. The Morgan fingerprint density at radius 1 is 0.370 bits per heavy atom. The summed E-state index contributed by atoms with van der Waals surface area (Å²) in [6, 6.07) is 34.6. The Labute approximate surface area is 322 Å². The number of aromatic nitrogens is 3. The molecule has 0 saturated carbocycles. The maximum absolute atomic E-state index is 9.55. The number of hydrogen-bond donors (Lipinski definition) is 0. The van der Waals surface area contributed by atoms with Crippen LogP contribution in [0.15, 0.2) is 185 Å². The highest BCUT2D eigenvalue weighted by Gasteiger charge is 2.18. The van der Waals surface area contributed by atoms with Crippen molar-refractivity contribution in [1.29, 1.82) is 0 Å². The van der Waals surface area contributed by atoms with Gasteiger partial charge >= 0.3 is 0 Å². The van der Waals surface area contributed by atoms with Crippen molar-refractivity contribution in [2.24, 2.45) is 0 Å². The van der Waals surface area contributed by atoms with Gasteiger partial charge in [-0.15, -0.1) is 0 Å². The van der Waals surface area contributed by atoms with Gasteiger partial charge in [-0.05, 0) is 46.3 Å². The predicted molar refractivity (Wildman–Crippen MR) is 219 cm³/mol. The summed E-state index contributed by atoms with van der Waals surface area (Å²) in [6.07, 6.45) is 0. The van der Waals surface area contributed by atoms with Crippen molar-refractivity contribution in [3.63, 3.8) is 0 Å². The van der Waals surface area contributed by atoms with Gasteiger partial charge < -0.3 is 8.83 Å². The van der Waals surface area contributed by atoms with E-state index in [0.717, 1.165) is 33.0 Å². The van der Waals surface area contributed by atoms with Crippen LogP contribution in [-0.4, -0.2) is 15.0 Å². The molecule has 0 unspecified atom stereocenters. The summed E-state index contributed by atoms with van der Waals surface area (Å²) in [7, 11) is 0. The highest BCUT2D eigenvalue weighted by molar-refractivity contribution is 6.19. The molecule has 0 N–H and O–H groups in total. The van der Waals surface area contributed by atoms with Crippen LogP contribution in [0.2, 0.25) is 0 Å². The third-order valence-electron chi connectivity index (χ3n) is 9.69. The summed E-state index contributed by atoms with van der Waals surface area (Å²) >= 11 is 0. The Morgan fingerprint density at radius 2 is 0.944 bits per heavy atom. The van der Waals surface area contributed by atoms with Gasteiger partial charge in [0.2, 0.25) is 0 Å². The predicted octanol–water partition coefficient (Wildman–Crippen LogP) is 13.2. The standard InChI is InChI=1S/C49H29N3O2/c1-3-12-30(13-4-1)35-19-11-20-40-38-27-26-34(28-44(38)54-45(35)40)49-51-47(32-14-5-2-6-15-32)50-48(52-49)33-24-22-31(23-25-33)41-29-42-37-17-9-10-21-43(37)53-46(42)39-18-8-7-16-36(39)41/h1-29H/i7D,8D,9D,10D,16D,17D,18D,21D,29D. The fourth-order valence-corrected chi connectivity index (χ4v) is 7.11. The molecule has 0 fully saturated rings. The number of nitrogens with zero attached hydrogens (tertiary/aromatic N) is 3. The Morgan fingerprint density at radius 3 is 1.70 bits per heavy atom. The van der Waals surface area contributed by atoms with E-state index >= 15 is 0 Å². The molecule has 0 aliphatic rings. The van der Waals surface area contributed by atoms with E-state index in [0.29, 0.717) is 39.7 Å². The lowest BCUT2D eigenvalue weighted by molar-refractivity contribution is 0.670. The second-order valence-corrected chi connectivity index (χ2v) is 12.9. The number of benzene rings is 8. The molecule has 11 rings (SSSR count). The first-order chi connectivity index (χ1) is 30.5. The van der Waals surface area contributed by atoms with Crippen molar-refractivity contribution in [2.75, 3.05) is 0 Å². The Balaban J connectivity index is 1.09. The smallest absolute Gasteiger partial charge is 0.164 e. The zero-order valence-electron chi connectivity index (χ0n) is 37.2. The molecule has 8 aromatic carbocycles. The molecule has 0 aliphatic carbocycles. The fraction of sp³-hybridized carbons (Fsp3) is 0. The molecule has 0 radical (unpaired) electrons. The first kappa shape index (κ1) is 22.5. The van der Waals surface area contributed by atoms with Crippen LogP contribution in [0.25, 0.3) is 111 Å². The van der Waals surface area contributed by atoms with Crippen LogP contribution in [0.3, 0.4) is 0 Å². The molecular weight excluding hydrogens is 663 g/mol. The lowest BCUT2D eigenvalue weighted by Gasteiger charge is -2.11. The average Bonchev–Trinajstić information content (AvgIpc) is 3.91. The Kier molecular flexibility index (Phi) is 5.06. The zero-order valence-corrected chi connectivity index (χ0v) is 28.2. The SMILES string of the molecule is [2H]c1c([2H])c([2H])c2c(oc3c4c([2H])c([2H])c([2H])c([2H])c4c(-c4ccc(-c5nc(-c6ccccc6)nc(-c6ccc7c(c6)oc6c(-c8ccccc8)cccc67)n5)cc4)c([2H])c32)c1[2H]. The minimum Gasteiger partial charge on any atom is -0.455 e. The van der Waals surface area contributed by atoms with Crippen molar-refractivity contribution >= 4 is 54.6 Å². The highest BCUT2D eigenvalue weighted by Crippen LogP contribution is 2.41. The van der Waals surface area contributed by atoms with Gasteiger partial charge in [-0.3, -0.25) is 0 Å². The summed E-state index contributed by atoms with van der Waals surface area (Å²) in [4.78, 5) is 14.8. The minimum absolute atomic E-state index is 0.0148. The summed E-state index contributed by atoms with van der Waals surface area (Å²) in [6.45, 7) is 0. The van der Waals surface area contributed by atoms with Crippen LogP contribution in [0.4, 0.5) is 0 Å². The molecule has 54 heavy (non-hydrogen) atoms. The number of hydrogen-bond acceptors (Lipinski definition) is 5. The van der Waals surface area contributed by atoms with Gasteiger partial charge in [0.15, 0.2) is 17.5 Å². The van der Waals surface area contributed by atoms with E-state index < -0.39 is 48.3 Å². The molecule has 0 aliphatic heterocycles. The van der Waals surface area contributed by atoms with Gasteiger partial charge in [0.05, 0.1) is 12.3 Å². The van der Waals surface area contributed by atoms with Crippen LogP contribution < -0.4 is 0 Å². The van der Waals surface area contributed by atoms with E-state index in [1.165, 1.54) is 0 Å². The largest absolute Gasteiger partial charge is 0.455 e. The quantitative estimate of drug-likeness (QED) is 0.179. The van der Waals surface area contributed by atoms with Gasteiger partial charge in [0, 0.05) is 49.2 Å². The van der Waals surface area contributed by atoms with E-state index in [2.05, 4.69) is 12.1 Å². The molecule has 0 saturated heterocycles. The van der Waals surface area contributed by atoms with Gasteiger partial charge in [-0.2, -0.15) is 0 Å². The van der Waals surface area contributed by atoms with E-state index in [1.54, 1.807) is 24.3 Å². The molecule has 3 aromatic heterocycles. The zero-order chi connectivity index (χ0) is 43.4. The summed E-state index contributed by atoms with van der Waals surface area (Å²) in [5.74, 6) is 1.20. The van der Waals surface area contributed by atoms with Crippen molar-refractivity contribution in [3.8, 4) is 56.4 Å². The van der Waals surface area contributed by atoms with Crippen molar-refractivity contribution in [1.82, 2.24) is 15.0 Å². The van der Waals surface area contributed by atoms with Crippen LogP contribution >= 0.6 is 0 Å². The van der Waals surface area contributed by atoms with E-state index in [-0.39, 0.29) is 44.3 Å². The van der Waals surface area contributed by atoms with Crippen LogP contribution in [0.1, 0.15) is 12.3 Å². The average molecular weight is 701 g/mol. The first-order valence-electron chi connectivity index (χ1n) is 21.8. The number of furan rings is 2. The molecule has 0 spiro atoms. The van der Waals surface area contributed by atoms with Crippen LogP contribution in [0.5, 0.6) is 0 Å². The Bertz CT molecular complexity index is 3720. The normalized spacial score (nSPS) is 14.0. The van der Waals surface area contributed by atoms with Crippen LogP contribution in [0, 0.1) is 0 Å². The third-order valence-corrected chi connectivity index (χ3v) is 9.69. The van der Waals surface area contributed by atoms with Crippen molar-refractivity contribution in [3.05, 3.63) is 176 Å². The third kappa shape index (κ3) is 4.90. The molecule has 0 atom stereocenters. The Hall–Kier alpha value is -7.37. The van der Waals surface area contributed by atoms with E-state index in [9.17, 15) is 1.37 Å². The lowest BCUT2D eigenvalue weighted by Crippen LogP contribution is -2.00. The van der Waals surface area contributed by atoms with Crippen LogP contribution in [-0.2, 0) is 0 Å². The highest BCUT2D eigenvalue weighted by atomic mass is 16.3. The fourth-order valence-electron chi connectivity index (χ4n) is 7.11. The molecule has 3 heterocycles. The van der Waals surface area contributed by atoms with Crippen molar-refractivity contribution in [2.45, 2.75) is 0 Å². The molecular formula is C49H29N3O2. The molecule has 5 nitrogen and oxygen atoms in total. The summed E-state index contributed by atoms with van der Waals surface area (Å²) < 4.78 is 91.1. The summed E-state index contributed by atoms with van der Waals surface area (Å²) in [5.41, 5.74) is 5.79.